The van der Waals surface area contributed by atoms with Crippen molar-refractivity contribution in [2.24, 2.45) is 5.73 Å². The fourth-order valence-electron chi connectivity index (χ4n) is 1.81. The quantitative estimate of drug-likeness (QED) is 0.938. The minimum atomic E-state index is -4.69. The number of rotatable bonds is 4. The molecule has 108 valence electrons. The van der Waals surface area contributed by atoms with E-state index in [-0.39, 0.29) is 11.8 Å². The first kappa shape index (κ1) is 14.4. The van der Waals surface area contributed by atoms with Gasteiger partial charge >= 0.3 is 6.36 Å². The van der Waals surface area contributed by atoms with Gasteiger partial charge in [-0.2, -0.15) is 0 Å². The van der Waals surface area contributed by atoms with Gasteiger partial charge in [0.1, 0.15) is 5.75 Å². The number of imidazole rings is 1. The molecule has 4 nitrogen and oxygen atoms in total. The third-order valence-corrected chi connectivity index (χ3v) is 2.84. The third-order valence-electron chi connectivity index (χ3n) is 2.84. The Morgan fingerprint density at radius 2 is 1.95 bits per heavy atom. The summed E-state index contributed by atoms with van der Waals surface area (Å²) in [5.74, 6) is -0.261. The largest absolute Gasteiger partial charge is 0.573 e. The summed E-state index contributed by atoms with van der Waals surface area (Å²) in [6.45, 7) is 1.95. The van der Waals surface area contributed by atoms with Crippen LogP contribution in [0.1, 0.15) is 25.1 Å². The van der Waals surface area contributed by atoms with E-state index in [0.29, 0.717) is 5.69 Å². The number of ether oxygens (including phenoxy) is 1. The molecule has 7 heteroatoms. The van der Waals surface area contributed by atoms with E-state index in [1.807, 2.05) is 6.92 Å². The second kappa shape index (κ2) is 5.54. The Morgan fingerprint density at radius 1 is 1.30 bits per heavy atom. The molecule has 0 saturated carbocycles. The molecular formula is C13H14F3N3O. The van der Waals surface area contributed by atoms with Crippen LogP contribution >= 0.6 is 0 Å². The van der Waals surface area contributed by atoms with Crippen LogP contribution in [0.25, 0.3) is 5.69 Å². The first-order chi connectivity index (χ1) is 9.40. The molecule has 0 amide bonds. The molecule has 0 aliphatic rings. The van der Waals surface area contributed by atoms with Gasteiger partial charge in [-0.3, -0.25) is 0 Å². The van der Waals surface area contributed by atoms with Crippen molar-refractivity contribution in [3.63, 3.8) is 0 Å². The molecule has 2 N–H and O–H groups in total. The van der Waals surface area contributed by atoms with Crippen LogP contribution in [0, 0.1) is 0 Å². The number of aromatic nitrogens is 2. The average Bonchev–Trinajstić information content (AvgIpc) is 2.86. The molecule has 1 aromatic carbocycles. The van der Waals surface area contributed by atoms with E-state index >= 15 is 0 Å². The summed E-state index contributed by atoms with van der Waals surface area (Å²) >= 11 is 0. The first-order valence-corrected chi connectivity index (χ1v) is 6.04. The highest BCUT2D eigenvalue weighted by atomic mass is 19.4. The van der Waals surface area contributed by atoms with Crippen LogP contribution in [0.4, 0.5) is 13.2 Å². The summed E-state index contributed by atoms with van der Waals surface area (Å²) < 4.78 is 41.8. The van der Waals surface area contributed by atoms with E-state index in [4.69, 9.17) is 5.73 Å². The molecule has 0 bridgehead atoms. The molecule has 0 aliphatic heterocycles. The van der Waals surface area contributed by atoms with Gasteiger partial charge in [0.05, 0.1) is 18.2 Å². The zero-order valence-corrected chi connectivity index (χ0v) is 10.8. The molecule has 1 heterocycles. The maximum Gasteiger partial charge on any atom is 0.573 e. The summed E-state index contributed by atoms with van der Waals surface area (Å²) in [5.41, 5.74) is 7.44. The van der Waals surface area contributed by atoms with Gasteiger partial charge in [0.25, 0.3) is 0 Å². The van der Waals surface area contributed by atoms with E-state index in [9.17, 15) is 13.2 Å². The van der Waals surface area contributed by atoms with E-state index in [0.717, 1.165) is 12.1 Å². The molecule has 0 unspecified atom stereocenters. The van der Waals surface area contributed by atoms with Gasteiger partial charge in [0.15, 0.2) is 0 Å². The van der Waals surface area contributed by atoms with Crippen molar-refractivity contribution < 1.29 is 17.9 Å². The Labute approximate surface area is 114 Å². The number of alkyl halides is 3. The number of halogens is 3. The van der Waals surface area contributed by atoms with Crippen molar-refractivity contribution in [2.75, 3.05) is 0 Å². The van der Waals surface area contributed by atoms with Crippen LogP contribution in [0.5, 0.6) is 5.75 Å². The van der Waals surface area contributed by atoms with Crippen LogP contribution in [0.3, 0.4) is 0 Å². The lowest BCUT2D eigenvalue weighted by Gasteiger charge is -2.14. The lowest BCUT2D eigenvalue weighted by atomic mass is 10.2. The SMILES string of the molecule is CC[C@@H](N)c1cncn1-c1ccc(OC(F)(F)F)cc1. The van der Waals surface area contributed by atoms with Crippen molar-refractivity contribution >= 4 is 0 Å². The molecule has 1 aromatic heterocycles. The number of hydrogen-bond donors (Lipinski definition) is 1. The van der Waals surface area contributed by atoms with Crippen molar-refractivity contribution in [3.05, 3.63) is 42.5 Å². The molecule has 0 spiro atoms. The van der Waals surface area contributed by atoms with Gasteiger partial charge < -0.3 is 15.0 Å². The second-order valence-electron chi connectivity index (χ2n) is 4.24. The summed E-state index contributed by atoms with van der Waals surface area (Å²) in [5, 5.41) is 0. The average molecular weight is 285 g/mol. The summed E-state index contributed by atoms with van der Waals surface area (Å²) in [7, 11) is 0. The molecule has 0 aliphatic carbocycles. The van der Waals surface area contributed by atoms with Gasteiger partial charge in [-0.1, -0.05) is 6.92 Å². The minimum absolute atomic E-state index is 0.177. The Hall–Kier alpha value is -2.02. The maximum atomic E-state index is 12.1. The molecule has 0 fully saturated rings. The van der Waals surface area contributed by atoms with Gasteiger partial charge in [0.2, 0.25) is 0 Å². The lowest BCUT2D eigenvalue weighted by molar-refractivity contribution is -0.274. The standard InChI is InChI=1S/C13H14F3N3O/c1-2-11(17)12-7-18-8-19(12)9-3-5-10(6-4-9)20-13(14,15)16/h3-8,11H,2,17H2,1H3/t11-/m1/s1. The number of benzene rings is 1. The summed E-state index contributed by atoms with van der Waals surface area (Å²) in [4.78, 5) is 4.02. The van der Waals surface area contributed by atoms with Crippen LogP contribution in [-0.2, 0) is 0 Å². The summed E-state index contributed by atoms with van der Waals surface area (Å²) in [6.07, 6.45) is -0.730. The van der Waals surface area contributed by atoms with Gasteiger partial charge in [-0.25, -0.2) is 4.98 Å². The highest BCUT2D eigenvalue weighted by molar-refractivity contribution is 5.39. The van der Waals surface area contributed by atoms with Gasteiger partial charge in [0, 0.05) is 11.7 Å². The summed E-state index contributed by atoms with van der Waals surface area (Å²) in [6, 6.07) is 5.38. The molecule has 2 aromatic rings. The van der Waals surface area contributed by atoms with Crippen molar-refractivity contribution in [1.82, 2.24) is 9.55 Å². The van der Waals surface area contributed by atoms with E-state index in [1.165, 1.54) is 24.3 Å². The first-order valence-electron chi connectivity index (χ1n) is 6.04. The third kappa shape index (κ3) is 3.30. The van der Waals surface area contributed by atoms with E-state index in [2.05, 4.69) is 9.72 Å². The van der Waals surface area contributed by atoms with Gasteiger partial charge in [-0.15, -0.1) is 13.2 Å². The molecule has 1 atom stereocenters. The zero-order chi connectivity index (χ0) is 14.8. The maximum absolute atomic E-state index is 12.1. The Balaban J connectivity index is 2.24. The Kier molecular flexibility index (Phi) is 3.99. The van der Waals surface area contributed by atoms with E-state index in [1.54, 1.807) is 17.1 Å². The Bertz CT molecular complexity index is 563. The highest BCUT2D eigenvalue weighted by Crippen LogP contribution is 2.25. The van der Waals surface area contributed by atoms with Gasteiger partial charge in [-0.05, 0) is 30.7 Å². The predicted octanol–water partition coefficient (Wildman–Crippen LogP) is 3.18. The number of hydrogen-bond acceptors (Lipinski definition) is 3. The monoisotopic (exact) mass is 285 g/mol. The fraction of sp³-hybridized carbons (Fsp3) is 0.308. The lowest BCUT2D eigenvalue weighted by Crippen LogP contribution is -2.17. The molecule has 0 saturated heterocycles. The van der Waals surface area contributed by atoms with Crippen LogP contribution in [0.15, 0.2) is 36.8 Å². The fourth-order valence-corrected chi connectivity index (χ4v) is 1.81. The van der Waals surface area contributed by atoms with Crippen molar-refractivity contribution in [3.8, 4) is 11.4 Å². The number of nitrogens with two attached hydrogens (primary N) is 1. The van der Waals surface area contributed by atoms with Crippen LogP contribution < -0.4 is 10.5 Å². The van der Waals surface area contributed by atoms with E-state index < -0.39 is 6.36 Å². The number of nitrogens with zero attached hydrogens (tertiary/aromatic N) is 2. The molecule has 0 radical (unpaired) electrons. The Morgan fingerprint density at radius 3 is 2.50 bits per heavy atom. The smallest absolute Gasteiger partial charge is 0.406 e. The second-order valence-corrected chi connectivity index (χ2v) is 4.24. The topological polar surface area (TPSA) is 53.1 Å². The van der Waals surface area contributed by atoms with Crippen molar-refractivity contribution in [1.29, 1.82) is 0 Å². The molecule has 20 heavy (non-hydrogen) atoms. The zero-order valence-electron chi connectivity index (χ0n) is 10.8. The highest BCUT2D eigenvalue weighted by Gasteiger charge is 2.31. The molecular weight excluding hydrogens is 271 g/mol. The normalized spacial score (nSPS) is 13.2. The van der Waals surface area contributed by atoms with Crippen LogP contribution in [-0.4, -0.2) is 15.9 Å². The van der Waals surface area contributed by atoms with Crippen molar-refractivity contribution in [2.45, 2.75) is 25.7 Å². The predicted molar refractivity (Wildman–Crippen MR) is 67.5 cm³/mol. The van der Waals surface area contributed by atoms with Crippen LogP contribution in [0.2, 0.25) is 0 Å². The minimum Gasteiger partial charge on any atom is -0.406 e. The molecule has 2 rings (SSSR count).